The lowest BCUT2D eigenvalue weighted by molar-refractivity contribution is -0.113. The van der Waals surface area contributed by atoms with Gasteiger partial charge >= 0.3 is 0 Å². The standard InChI is InChI=1S/C28H27N5O4S2/c1-16-6-5-7-18(12-16)32-24(35)23-20-13-28(2,3)37-14-21(20)39-25(23)33-26(32)30-31-27(33)38-15-22(34)29-17-8-10-19(36-4)11-9-17/h5-12H,13-15H2,1-4H3,(H,29,34). The molecule has 11 heteroatoms. The first-order valence-corrected chi connectivity index (χ1v) is 14.3. The van der Waals surface area contributed by atoms with Crippen LogP contribution >= 0.6 is 23.1 Å². The lowest BCUT2D eigenvalue weighted by Gasteiger charge is -2.29. The second-order valence-electron chi connectivity index (χ2n) is 10.1. The number of nitrogens with one attached hydrogen (secondary N) is 1. The number of ether oxygens (including phenoxy) is 2. The Kier molecular flexibility index (Phi) is 6.44. The summed E-state index contributed by atoms with van der Waals surface area (Å²) >= 11 is 2.81. The number of aromatic nitrogens is 4. The summed E-state index contributed by atoms with van der Waals surface area (Å²) in [5.74, 6) is 1.08. The van der Waals surface area contributed by atoms with Crippen LogP contribution in [0, 0.1) is 6.92 Å². The second-order valence-corrected chi connectivity index (χ2v) is 12.1. The molecule has 39 heavy (non-hydrogen) atoms. The molecule has 1 amide bonds. The monoisotopic (exact) mass is 561 g/mol. The van der Waals surface area contributed by atoms with Crippen LogP contribution in [0.4, 0.5) is 5.69 Å². The first-order valence-electron chi connectivity index (χ1n) is 12.5. The summed E-state index contributed by atoms with van der Waals surface area (Å²) in [6.45, 7) is 6.52. The van der Waals surface area contributed by atoms with E-state index in [0.29, 0.717) is 40.8 Å². The van der Waals surface area contributed by atoms with Gasteiger partial charge in [0.1, 0.15) is 10.6 Å². The lowest BCUT2D eigenvalue weighted by atomic mass is 9.94. The quantitative estimate of drug-likeness (QED) is 0.292. The van der Waals surface area contributed by atoms with Crippen LogP contribution in [0.25, 0.3) is 21.7 Å². The van der Waals surface area contributed by atoms with Crippen molar-refractivity contribution in [2.45, 2.75) is 44.6 Å². The van der Waals surface area contributed by atoms with Crippen molar-refractivity contribution >= 4 is 50.7 Å². The first-order chi connectivity index (χ1) is 18.7. The molecule has 200 valence electrons. The lowest BCUT2D eigenvalue weighted by Crippen LogP contribution is -2.32. The van der Waals surface area contributed by atoms with Crippen molar-refractivity contribution in [2.24, 2.45) is 0 Å². The Bertz CT molecular complexity index is 1790. The highest BCUT2D eigenvalue weighted by Gasteiger charge is 2.32. The molecule has 1 aliphatic heterocycles. The second kappa shape index (κ2) is 9.82. The number of carbonyl (C=O) groups excluding carboxylic acids is 1. The van der Waals surface area contributed by atoms with Crippen LogP contribution in [0.1, 0.15) is 29.9 Å². The smallest absolute Gasteiger partial charge is 0.268 e. The van der Waals surface area contributed by atoms with Crippen LogP contribution in [0.3, 0.4) is 0 Å². The maximum Gasteiger partial charge on any atom is 0.268 e. The third kappa shape index (κ3) is 4.70. The Morgan fingerprint density at radius 1 is 1.21 bits per heavy atom. The fourth-order valence-electron chi connectivity index (χ4n) is 4.80. The minimum Gasteiger partial charge on any atom is -0.497 e. The molecule has 6 rings (SSSR count). The molecule has 0 spiro atoms. The maximum atomic E-state index is 14.1. The first kappa shape index (κ1) is 25.6. The zero-order valence-corrected chi connectivity index (χ0v) is 23.6. The number of hydrogen-bond acceptors (Lipinski definition) is 8. The molecule has 0 unspecified atom stereocenters. The summed E-state index contributed by atoms with van der Waals surface area (Å²) in [4.78, 5) is 28.7. The van der Waals surface area contributed by atoms with Gasteiger partial charge in [0, 0.05) is 17.0 Å². The number of aryl methyl sites for hydroxylation is 1. The Morgan fingerprint density at radius 3 is 2.74 bits per heavy atom. The van der Waals surface area contributed by atoms with E-state index in [2.05, 4.69) is 15.5 Å². The van der Waals surface area contributed by atoms with Crippen LogP contribution in [0.2, 0.25) is 0 Å². The molecule has 4 heterocycles. The number of methoxy groups -OCH3 is 1. The third-order valence-corrected chi connectivity index (χ3v) is 8.79. The predicted molar refractivity (Wildman–Crippen MR) is 154 cm³/mol. The van der Waals surface area contributed by atoms with Gasteiger partial charge in [0.15, 0.2) is 5.16 Å². The summed E-state index contributed by atoms with van der Waals surface area (Å²) in [7, 11) is 1.60. The molecule has 3 aromatic heterocycles. The van der Waals surface area contributed by atoms with Crippen molar-refractivity contribution in [2.75, 3.05) is 18.2 Å². The van der Waals surface area contributed by atoms with Gasteiger partial charge in [0.25, 0.3) is 5.56 Å². The zero-order chi connectivity index (χ0) is 27.3. The van der Waals surface area contributed by atoms with Gasteiger partial charge in [-0.3, -0.25) is 9.59 Å². The van der Waals surface area contributed by atoms with E-state index in [1.165, 1.54) is 23.1 Å². The molecule has 1 aliphatic rings. The van der Waals surface area contributed by atoms with E-state index in [9.17, 15) is 9.59 Å². The molecule has 2 aromatic carbocycles. The van der Waals surface area contributed by atoms with Crippen molar-refractivity contribution in [3.8, 4) is 11.4 Å². The molecule has 0 atom stereocenters. The predicted octanol–water partition coefficient (Wildman–Crippen LogP) is 4.99. The van der Waals surface area contributed by atoms with Gasteiger partial charge < -0.3 is 14.8 Å². The molecule has 0 radical (unpaired) electrons. The Labute approximate surface area is 232 Å². The average Bonchev–Trinajstić information content (AvgIpc) is 3.49. The van der Waals surface area contributed by atoms with E-state index < -0.39 is 0 Å². The molecule has 0 fully saturated rings. The van der Waals surface area contributed by atoms with Gasteiger partial charge in [-0.15, -0.1) is 21.5 Å². The number of rotatable bonds is 6. The van der Waals surface area contributed by atoms with Crippen LogP contribution in [-0.4, -0.2) is 43.5 Å². The summed E-state index contributed by atoms with van der Waals surface area (Å²) in [5.41, 5.74) is 2.95. The van der Waals surface area contributed by atoms with Crippen molar-refractivity contribution in [1.29, 1.82) is 0 Å². The highest BCUT2D eigenvalue weighted by atomic mass is 32.2. The number of amides is 1. The van der Waals surface area contributed by atoms with Gasteiger partial charge in [0.05, 0.1) is 36.1 Å². The number of fused-ring (bicyclic) bond motifs is 5. The van der Waals surface area contributed by atoms with Gasteiger partial charge in [0.2, 0.25) is 11.7 Å². The number of benzene rings is 2. The summed E-state index contributed by atoms with van der Waals surface area (Å²) in [5, 5.41) is 13.0. The highest BCUT2D eigenvalue weighted by Crippen LogP contribution is 2.39. The van der Waals surface area contributed by atoms with Gasteiger partial charge in [-0.2, -0.15) is 0 Å². The van der Waals surface area contributed by atoms with Gasteiger partial charge in [-0.25, -0.2) is 8.97 Å². The molecule has 0 aliphatic carbocycles. The summed E-state index contributed by atoms with van der Waals surface area (Å²) < 4.78 is 14.8. The fraction of sp³-hybridized carbons (Fsp3) is 0.286. The molecular formula is C28H27N5O4S2. The number of anilines is 1. The van der Waals surface area contributed by atoms with Crippen LogP contribution in [0.5, 0.6) is 5.75 Å². The number of carbonyl (C=O) groups is 1. The minimum atomic E-state index is -0.374. The molecule has 1 N–H and O–H groups in total. The van der Waals surface area contributed by atoms with E-state index in [1.807, 2.05) is 49.4 Å². The molecular weight excluding hydrogens is 534 g/mol. The van der Waals surface area contributed by atoms with Crippen molar-refractivity contribution in [3.05, 3.63) is 74.9 Å². The molecule has 5 aromatic rings. The summed E-state index contributed by atoms with van der Waals surface area (Å²) in [6.07, 6.45) is 0.631. The van der Waals surface area contributed by atoms with E-state index >= 15 is 0 Å². The van der Waals surface area contributed by atoms with E-state index in [0.717, 1.165) is 26.5 Å². The van der Waals surface area contributed by atoms with Crippen molar-refractivity contribution in [3.63, 3.8) is 0 Å². The summed E-state index contributed by atoms with van der Waals surface area (Å²) in [6, 6.07) is 14.9. The molecule has 0 bridgehead atoms. The van der Waals surface area contributed by atoms with E-state index in [-0.39, 0.29) is 22.8 Å². The number of hydrogen-bond donors (Lipinski definition) is 1. The normalized spacial score (nSPS) is 14.5. The molecule has 9 nitrogen and oxygen atoms in total. The molecule has 0 saturated heterocycles. The average molecular weight is 562 g/mol. The topological polar surface area (TPSA) is 99.7 Å². The van der Waals surface area contributed by atoms with Crippen LogP contribution in [0.15, 0.2) is 58.5 Å². The van der Waals surface area contributed by atoms with Crippen molar-refractivity contribution in [1.82, 2.24) is 19.2 Å². The Hall–Kier alpha value is -3.67. The fourth-order valence-corrected chi connectivity index (χ4v) is 6.81. The van der Waals surface area contributed by atoms with E-state index in [1.54, 1.807) is 35.9 Å². The number of nitrogens with zero attached hydrogens (tertiary/aromatic N) is 4. The van der Waals surface area contributed by atoms with Gasteiger partial charge in [-0.05, 0) is 68.3 Å². The largest absolute Gasteiger partial charge is 0.497 e. The van der Waals surface area contributed by atoms with Crippen molar-refractivity contribution < 1.29 is 14.3 Å². The van der Waals surface area contributed by atoms with Crippen LogP contribution in [-0.2, 0) is 22.6 Å². The SMILES string of the molecule is COc1ccc(NC(=O)CSc2nnc3n(-c4cccc(C)c4)c(=O)c4c5c(sc4n23)COC(C)(C)C5)cc1. The third-order valence-electron chi connectivity index (χ3n) is 6.67. The van der Waals surface area contributed by atoms with Crippen LogP contribution < -0.4 is 15.6 Å². The highest BCUT2D eigenvalue weighted by molar-refractivity contribution is 7.99. The van der Waals surface area contributed by atoms with Gasteiger partial charge in [-0.1, -0.05) is 23.9 Å². The Morgan fingerprint density at radius 2 is 2.00 bits per heavy atom. The van der Waals surface area contributed by atoms with E-state index in [4.69, 9.17) is 9.47 Å². The zero-order valence-electron chi connectivity index (χ0n) is 22.0. The maximum absolute atomic E-state index is 14.1. The Balaban J connectivity index is 1.44. The number of thiophene rings is 1. The molecule has 0 saturated carbocycles. The number of thioether (sulfide) groups is 1. The minimum absolute atomic E-state index is 0.124.